The number of carbonyl (C=O) groups is 2. The van der Waals surface area contributed by atoms with Crippen molar-refractivity contribution >= 4 is 23.2 Å². The number of anilines is 2. The molecule has 4 nitrogen and oxygen atoms in total. The second kappa shape index (κ2) is 7.68. The molecule has 0 heterocycles. The Hall–Kier alpha value is -2.76. The first-order chi connectivity index (χ1) is 11.3. The van der Waals surface area contributed by atoms with Crippen molar-refractivity contribution in [2.24, 2.45) is 5.92 Å². The molecule has 2 aromatic rings. The minimum atomic E-state index is -0.800. The van der Waals surface area contributed by atoms with E-state index >= 15 is 0 Å². The van der Waals surface area contributed by atoms with Gasteiger partial charge < -0.3 is 10.6 Å². The number of nitrogens with one attached hydrogen (secondary N) is 2. The Labute approximate surface area is 138 Å². The van der Waals surface area contributed by atoms with Gasteiger partial charge in [-0.1, -0.05) is 13.8 Å². The van der Waals surface area contributed by atoms with Crippen LogP contribution in [0, 0.1) is 17.6 Å². The van der Waals surface area contributed by atoms with Gasteiger partial charge in [-0.3, -0.25) is 9.59 Å². The van der Waals surface area contributed by atoms with Crippen LogP contribution in [0.2, 0.25) is 0 Å². The van der Waals surface area contributed by atoms with Crippen molar-refractivity contribution < 1.29 is 18.4 Å². The summed E-state index contributed by atoms with van der Waals surface area (Å²) in [5.41, 5.74) is 0.630. The zero-order valence-corrected chi connectivity index (χ0v) is 13.4. The Kier molecular flexibility index (Phi) is 5.63. The molecule has 0 atom stereocenters. The van der Waals surface area contributed by atoms with Crippen LogP contribution < -0.4 is 10.6 Å². The molecule has 0 radical (unpaired) electrons. The molecule has 0 saturated heterocycles. The summed E-state index contributed by atoms with van der Waals surface area (Å²) in [6, 6.07) is 9.06. The summed E-state index contributed by atoms with van der Waals surface area (Å²) in [5.74, 6) is -2.08. The van der Waals surface area contributed by atoms with E-state index in [9.17, 15) is 18.4 Å². The lowest BCUT2D eigenvalue weighted by Gasteiger charge is -2.09. The average molecular weight is 332 g/mol. The van der Waals surface area contributed by atoms with Gasteiger partial charge in [0.2, 0.25) is 5.91 Å². The zero-order chi connectivity index (χ0) is 17.7. The van der Waals surface area contributed by atoms with Crippen molar-refractivity contribution in [3.05, 3.63) is 59.7 Å². The van der Waals surface area contributed by atoms with Crippen LogP contribution in [0.3, 0.4) is 0 Å². The zero-order valence-electron chi connectivity index (χ0n) is 13.4. The highest BCUT2D eigenvalue weighted by molar-refractivity contribution is 6.04. The summed E-state index contributed by atoms with van der Waals surface area (Å²) in [6.07, 6.45) is 0.414. The number of hydrogen-bond acceptors (Lipinski definition) is 2. The van der Waals surface area contributed by atoms with Gasteiger partial charge >= 0.3 is 0 Å². The summed E-state index contributed by atoms with van der Waals surface area (Å²) in [7, 11) is 0. The first-order valence-electron chi connectivity index (χ1n) is 7.51. The van der Waals surface area contributed by atoms with E-state index in [2.05, 4.69) is 10.6 Å². The number of hydrogen-bond donors (Lipinski definition) is 2. The molecule has 2 amide bonds. The van der Waals surface area contributed by atoms with Crippen molar-refractivity contribution in [2.45, 2.75) is 20.3 Å². The largest absolute Gasteiger partial charge is 0.326 e. The van der Waals surface area contributed by atoms with Crippen LogP contribution in [-0.4, -0.2) is 11.8 Å². The van der Waals surface area contributed by atoms with E-state index in [4.69, 9.17) is 0 Å². The van der Waals surface area contributed by atoms with E-state index in [1.165, 1.54) is 0 Å². The quantitative estimate of drug-likeness (QED) is 0.862. The van der Waals surface area contributed by atoms with Crippen molar-refractivity contribution in [1.82, 2.24) is 0 Å². The standard InChI is InChI=1S/C18H18F2N2O2/c1-11(2)9-17(23)21-13-4-6-14(7-5-13)22-18(24)15-10-12(19)3-8-16(15)20/h3-8,10-11H,9H2,1-2H3,(H,21,23)(H,22,24). The summed E-state index contributed by atoms with van der Waals surface area (Å²) >= 11 is 0. The topological polar surface area (TPSA) is 58.2 Å². The molecule has 0 saturated carbocycles. The van der Waals surface area contributed by atoms with Crippen LogP contribution in [0.1, 0.15) is 30.6 Å². The number of rotatable bonds is 5. The summed E-state index contributed by atoms with van der Waals surface area (Å²) in [4.78, 5) is 23.7. The average Bonchev–Trinajstić information content (AvgIpc) is 2.50. The van der Waals surface area contributed by atoms with Gasteiger partial charge in [-0.2, -0.15) is 0 Å². The molecular formula is C18H18F2N2O2. The predicted molar refractivity (Wildman–Crippen MR) is 88.8 cm³/mol. The minimum absolute atomic E-state index is 0.0939. The summed E-state index contributed by atoms with van der Waals surface area (Å²) < 4.78 is 26.7. The third-order valence-corrected chi connectivity index (χ3v) is 3.19. The highest BCUT2D eigenvalue weighted by Crippen LogP contribution is 2.17. The SMILES string of the molecule is CC(C)CC(=O)Nc1ccc(NC(=O)c2cc(F)ccc2F)cc1. The van der Waals surface area contributed by atoms with Crippen molar-refractivity contribution in [3.8, 4) is 0 Å². The van der Waals surface area contributed by atoms with Crippen molar-refractivity contribution in [2.75, 3.05) is 10.6 Å². The smallest absolute Gasteiger partial charge is 0.258 e. The van der Waals surface area contributed by atoms with Gasteiger partial charge in [-0.15, -0.1) is 0 Å². The molecule has 0 aromatic heterocycles. The molecule has 2 N–H and O–H groups in total. The van der Waals surface area contributed by atoms with Crippen LogP contribution in [0.5, 0.6) is 0 Å². The highest BCUT2D eigenvalue weighted by atomic mass is 19.1. The first kappa shape index (κ1) is 17.6. The Morgan fingerprint density at radius 1 is 0.958 bits per heavy atom. The Morgan fingerprint density at radius 3 is 2.12 bits per heavy atom. The number of halogens is 2. The van der Waals surface area contributed by atoms with Crippen LogP contribution in [0.15, 0.2) is 42.5 Å². The second-order valence-electron chi connectivity index (χ2n) is 5.80. The van der Waals surface area contributed by atoms with E-state index in [0.29, 0.717) is 17.8 Å². The molecule has 0 spiro atoms. The molecule has 0 aliphatic rings. The van der Waals surface area contributed by atoms with Gasteiger partial charge in [0.25, 0.3) is 5.91 Å². The molecule has 2 rings (SSSR count). The van der Waals surface area contributed by atoms with Gasteiger partial charge in [-0.05, 0) is 48.4 Å². The molecule has 0 fully saturated rings. The summed E-state index contributed by atoms with van der Waals surface area (Å²) in [6.45, 7) is 3.90. The molecule has 0 bridgehead atoms. The molecule has 0 aliphatic carbocycles. The normalized spacial score (nSPS) is 10.5. The Balaban J connectivity index is 2.02. The third kappa shape index (κ3) is 4.87. The fourth-order valence-electron chi connectivity index (χ4n) is 2.09. The van der Waals surface area contributed by atoms with E-state index < -0.39 is 17.5 Å². The molecule has 126 valence electrons. The number of amides is 2. The number of benzene rings is 2. The minimum Gasteiger partial charge on any atom is -0.326 e. The Morgan fingerprint density at radius 2 is 1.54 bits per heavy atom. The monoisotopic (exact) mass is 332 g/mol. The van der Waals surface area contributed by atoms with Crippen LogP contribution >= 0.6 is 0 Å². The molecule has 0 aliphatic heterocycles. The van der Waals surface area contributed by atoms with E-state index in [1.54, 1.807) is 24.3 Å². The van der Waals surface area contributed by atoms with Gasteiger partial charge in [0, 0.05) is 17.8 Å². The summed E-state index contributed by atoms with van der Waals surface area (Å²) in [5, 5.41) is 5.22. The Bertz CT molecular complexity index is 743. The maximum atomic E-state index is 13.6. The van der Waals surface area contributed by atoms with Crippen LogP contribution in [-0.2, 0) is 4.79 Å². The van der Waals surface area contributed by atoms with E-state index in [-0.39, 0.29) is 17.4 Å². The number of carbonyl (C=O) groups excluding carboxylic acids is 2. The fraction of sp³-hybridized carbons (Fsp3) is 0.222. The van der Waals surface area contributed by atoms with E-state index in [0.717, 1.165) is 18.2 Å². The van der Waals surface area contributed by atoms with E-state index in [1.807, 2.05) is 13.8 Å². The highest BCUT2D eigenvalue weighted by Gasteiger charge is 2.13. The molecule has 24 heavy (non-hydrogen) atoms. The lowest BCUT2D eigenvalue weighted by Crippen LogP contribution is -2.15. The molecule has 0 unspecified atom stereocenters. The lowest BCUT2D eigenvalue weighted by atomic mass is 10.1. The fourth-order valence-corrected chi connectivity index (χ4v) is 2.09. The van der Waals surface area contributed by atoms with Crippen molar-refractivity contribution in [3.63, 3.8) is 0 Å². The molecule has 2 aromatic carbocycles. The van der Waals surface area contributed by atoms with Crippen LogP contribution in [0.4, 0.5) is 20.2 Å². The van der Waals surface area contributed by atoms with Gasteiger partial charge in [-0.25, -0.2) is 8.78 Å². The molecular weight excluding hydrogens is 314 g/mol. The van der Waals surface area contributed by atoms with Gasteiger partial charge in [0.15, 0.2) is 0 Å². The first-order valence-corrected chi connectivity index (χ1v) is 7.51. The van der Waals surface area contributed by atoms with Crippen LogP contribution in [0.25, 0.3) is 0 Å². The second-order valence-corrected chi connectivity index (χ2v) is 5.80. The van der Waals surface area contributed by atoms with Gasteiger partial charge in [0.1, 0.15) is 11.6 Å². The maximum Gasteiger partial charge on any atom is 0.258 e. The van der Waals surface area contributed by atoms with Gasteiger partial charge in [0.05, 0.1) is 5.56 Å². The molecule has 6 heteroatoms. The predicted octanol–water partition coefficient (Wildman–Crippen LogP) is 4.20. The van der Waals surface area contributed by atoms with Crippen molar-refractivity contribution in [1.29, 1.82) is 0 Å². The maximum absolute atomic E-state index is 13.6. The lowest BCUT2D eigenvalue weighted by molar-refractivity contribution is -0.116. The third-order valence-electron chi connectivity index (χ3n) is 3.19.